The van der Waals surface area contributed by atoms with Crippen molar-refractivity contribution in [2.45, 2.75) is 26.4 Å². The molecule has 3 heteroatoms. The van der Waals surface area contributed by atoms with Crippen LogP contribution in [0, 0.1) is 0 Å². The molecule has 0 aromatic rings. The molecule has 0 amide bonds. The molecule has 0 fully saturated rings. The van der Waals surface area contributed by atoms with Crippen LogP contribution in [-0.4, -0.2) is 17.4 Å². The minimum atomic E-state index is -0.137. The van der Waals surface area contributed by atoms with Gasteiger partial charge in [0.2, 0.25) is 0 Å². The number of esters is 1. The molecule has 1 unspecified atom stereocenters. The van der Waals surface area contributed by atoms with E-state index in [1.165, 1.54) is 0 Å². The fraction of sp³-hybridized carbons (Fsp3) is 0.833. The third-order valence-electron chi connectivity index (χ3n) is 0.839. The summed E-state index contributed by atoms with van der Waals surface area (Å²) >= 11 is 3.20. The third-order valence-corrected chi connectivity index (χ3v) is 1.75. The van der Waals surface area contributed by atoms with E-state index in [0.29, 0.717) is 11.8 Å². The Balaban J connectivity index is 3.34. The van der Waals surface area contributed by atoms with Crippen molar-refractivity contribution in [3.8, 4) is 0 Å². The second-order valence-electron chi connectivity index (χ2n) is 1.81. The monoisotopic (exact) mass is 194 g/mol. The lowest BCUT2D eigenvalue weighted by Crippen LogP contribution is -2.14. The molecule has 0 saturated heterocycles. The predicted molar refractivity (Wildman–Crippen MR) is 39.6 cm³/mol. The van der Waals surface area contributed by atoms with Crippen molar-refractivity contribution in [2.24, 2.45) is 0 Å². The van der Waals surface area contributed by atoms with Crippen LogP contribution in [0.15, 0.2) is 0 Å². The van der Waals surface area contributed by atoms with Crippen LogP contribution in [0.3, 0.4) is 0 Å². The summed E-state index contributed by atoms with van der Waals surface area (Å²) in [5, 5.41) is 0.707. The van der Waals surface area contributed by atoms with Crippen LogP contribution in [0.25, 0.3) is 0 Å². The molecular weight excluding hydrogens is 184 g/mol. The molecule has 54 valence electrons. The van der Waals surface area contributed by atoms with Gasteiger partial charge < -0.3 is 4.74 Å². The van der Waals surface area contributed by atoms with Crippen molar-refractivity contribution in [2.75, 3.05) is 5.33 Å². The Morgan fingerprint density at radius 2 is 2.33 bits per heavy atom. The highest BCUT2D eigenvalue weighted by Crippen LogP contribution is 1.97. The van der Waals surface area contributed by atoms with Gasteiger partial charge in [0.15, 0.2) is 0 Å². The molecule has 2 nitrogen and oxygen atoms in total. The normalized spacial score (nSPS) is 12.8. The summed E-state index contributed by atoms with van der Waals surface area (Å²) in [5.41, 5.74) is 0. The van der Waals surface area contributed by atoms with Crippen molar-refractivity contribution in [3.63, 3.8) is 0 Å². The molecule has 0 bridgehead atoms. The van der Waals surface area contributed by atoms with Crippen LogP contribution in [0.5, 0.6) is 0 Å². The van der Waals surface area contributed by atoms with Gasteiger partial charge in [-0.3, -0.25) is 4.79 Å². The molecule has 9 heavy (non-hydrogen) atoms. The molecule has 0 aliphatic heterocycles. The first-order valence-corrected chi connectivity index (χ1v) is 4.08. The highest BCUT2D eigenvalue weighted by molar-refractivity contribution is 9.09. The van der Waals surface area contributed by atoms with Gasteiger partial charge in [-0.15, -0.1) is 0 Å². The molecule has 0 saturated carbocycles. The number of carbonyl (C=O) groups excluding carboxylic acids is 1. The summed E-state index contributed by atoms with van der Waals surface area (Å²) in [6, 6.07) is 0. The average Bonchev–Trinajstić information content (AvgIpc) is 1.87. The first-order valence-electron chi connectivity index (χ1n) is 2.96. The first kappa shape index (κ1) is 8.95. The minimum absolute atomic E-state index is 0.00236. The fourth-order valence-corrected chi connectivity index (χ4v) is 0.471. The molecule has 0 aliphatic carbocycles. The van der Waals surface area contributed by atoms with E-state index in [1.807, 2.05) is 6.92 Å². The van der Waals surface area contributed by atoms with Crippen molar-refractivity contribution in [1.29, 1.82) is 0 Å². The van der Waals surface area contributed by atoms with E-state index in [1.54, 1.807) is 6.92 Å². The number of rotatable bonds is 3. The molecule has 0 aromatic carbocycles. The second kappa shape index (κ2) is 4.79. The van der Waals surface area contributed by atoms with Gasteiger partial charge in [-0.25, -0.2) is 0 Å². The molecule has 0 rings (SSSR count). The number of halogens is 1. The smallest absolute Gasteiger partial charge is 0.305 e. The summed E-state index contributed by atoms with van der Waals surface area (Å²) < 4.78 is 4.86. The van der Waals surface area contributed by atoms with Gasteiger partial charge in [0, 0.05) is 11.8 Å². The van der Waals surface area contributed by atoms with Gasteiger partial charge in [0.05, 0.1) is 0 Å². The summed E-state index contributed by atoms with van der Waals surface area (Å²) in [7, 11) is 0. The largest absolute Gasteiger partial charge is 0.462 e. The van der Waals surface area contributed by atoms with Gasteiger partial charge in [-0.05, 0) is 6.92 Å². The summed E-state index contributed by atoms with van der Waals surface area (Å²) in [6.45, 7) is 3.63. The number of alkyl halides is 1. The lowest BCUT2D eigenvalue weighted by molar-refractivity contribution is -0.146. The maximum atomic E-state index is 10.5. The zero-order chi connectivity index (χ0) is 7.28. The molecule has 0 aliphatic rings. The Kier molecular flexibility index (Phi) is 4.77. The zero-order valence-corrected chi connectivity index (χ0v) is 7.27. The maximum absolute atomic E-state index is 10.5. The molecule has 0 aromatic heterocycles. The molecule has 0 radical (unpaired) electrons. The lowest BCUT2D eigenvalue weighted by atomic mass is 10.4. The quantitative estimate of drug-likeness (QED) is 0.506. The number of hydrogen-bond acceptors (Lipinski definition) is 2. The molecule has 1 atom stereocenters. The van der Waals surface area contributed by atoms with Gasteiger partial charge >= 0.3 is 5.97 Å². The van der Waals surface area contributed by atoms with Crippen LogP contribution in [-0.2, 0) is 9.53 Å². The minimum Gasteiger partial charge on any atom is -0.462 e. The highest BCUT2D eigenvalue weighted by Gasteiger charge is 2.03. The highest BCUT2D eigenvalue weighted by atomic mass is 79.9. The van der Waals surface area contributed by atoms with E-state index in [0.717, 1.165) is 0 Å². The van der Waals surface area contributed by atoms with Crippen molar-refractivity contribution in [3.05, 3.63) is 0 Å². The number of carbonyl (C=O) groups is 1. The Morgan fingerprint density at radius 1 is 1.78 bits per heavy atom. The SMILES string of the molecule is CCC(=O)OC(C)CBr. The van der Waals surface area contributed by atoms with Crippen molar-refractivity contribution < 1.29 is 9.53 Å². The van der Waals surface area contributed by atoms with E-state index >= 15 is 0 Å². The third kappa shape index (κ3) is 4.45. The number of hydrogen-bond donors (Lipinski definition) is 0. The van der Waals surface area contributed by atoms with Crippen LogP contribution in [0.4, 0.5) is 0 Å². The maximum Gasteiger partial charge on any atom is 0.305 e. The Bertz CT molecular complexity index is 93.1. The van der Waals surface area contributed by atoms with Crippen LogP contribution >= 0.6 is 15.9 Å². The van der Waals surface area contributed by atoms with Gasteiger partial charge in [-0.1, -0.05) is 22.9 Å². The van der Waals surface area contributed by atoms with Crippen molar-refractivity contribution in [1.82, 2.24) is 0 Å². The lowest BCUT2D eigenvalue weighted by Gasteiger charge is -2.07. The van der Waals surface area contributed by atoms with Crippen LogP contribution < -0.4 is 0 Å². The molecule has 0 N–H and O–H groups in total. The topological polar surface area (TPSA) is 26.3 Å². The average molecular weight is 195 g/mol. The second-order valence-corrected chi connectivity index (χ2v) is 2.46. The number of ether oxygens (including phenoxy) is 1. The van der Waals surface area contributed by atoms with E-state index < -0.39 is 0 Å². The summed E-state index contributed by atoms with van der Waals surface area (Å²) in [6.07, 6.45) is 0.453. The van der Waals surface area contributed by atoms with Crippen LogP contribution in [0.1, 0.15) is 20.3 Å². The van der Waals surface area contributed by atoms with Crippen LogP contribution in [0.2, 0.25) is 0 Å². The van der Waals surface area contributed by atoms with E-state index in [2.05, 4.69) is 15.9 Å². The Hall–Kier alpha value is -0.0500. The Labute approximate surface area is 63.7 Å². The van der Waals surface area contributed by atoms with Crippen molar-refractivity contribution >= 4 is 21.9 Å². The summed E-state index contributed by atoms with van der Waals surface area (Å²) in [5.74, 6) is -0.137. The standard InChI is InChI=1S/C6H11BrO2/c1-3-6(8)9-5(2)4-7/h5H,3-4H2,1-2H3. The predicted octanol–water partition coefficient (Wildman–Crippen LogP) is 1.72. The van der Waals surface area contributed by atoms with Gasteiger partial charge in [0.1, 0.15) is 6.10 Å². The molecule has 0 spiro atoms. The van der Waals surface area contributed by atoms with E-state index in [9.17, 15) is 4.79 Å². The Morgan fingerprint density at radius 3 is 2.67 bits per heavy atom. The van der Waals surface area contributed by atoms with Gasteiger partial charge in [-0.2, -0.15) is 0 Å². The van der Waals surface area contributed by atoms with E-state index in [-0.39, 0.29) is 12.1 Å². The zero-order valence-electron chi connectivity index (χ0n) is 5.69. The fourth-order valence-electron chi connectivity index (χ4n) is 0.339. The first-order chi connectivity index (χ1) is 4.20. The molecule has 0 heterocycles. The van der Waals surface area contributed by atoms with E-state index in [4.69, 9.17) is 4.74 Å². The summed E-state index contributed by atoms with van der Waals surface area (Å²) in [4.78, 5) is 10.5. The van der Waals surface area contributed by atoms with Gasteiger partial charge in [0.25, 0.3) is 0 Å². The molecular formula is C6H11BrO2.